The van der Waals surface area contributed by atoms with Gasteiger partial charge >= 0.3 is 0 Å². The van der Waals surface area contributed by atoms with Crippen LogP contribution in [-0.4, -0.2) is 62.0 Å². The molecule has 0 aromatic rings. The van der Waals surface area contributed by atoms with Crippen LogP contribution in [0.2, 0.25) is 0 Å². The van der Waals surface area contributed by atoms with Gasteiger partial charge < -0.3 is 15.1 Å². The molecule has 2 heterocycles. The number of carbonyl (C=O) groups excluding carboxylic acids is 1. The van der Waals surface area contributed by atoms with Gasteiger partial charge in [0.2, 0.25) is 5.91 Å². The van der Waals surface area contributed by atoms with E-state index in [1.54, 1.807) is 0 Å². The second-order valence-corrected chi connectivity index (χ2v) is 5.37. The largest absolute Gasteiger partial charge is 0.338 e. The van der Waals surface area contributed by atoms with E-state index in [0.29, 0.717) is 17.9 Å². The van der Waals surface area contributed by atoms with E-state index < -0.39 is 0 Å². The second kappa shape index (κ2) is 5.15. The molecule has 0 aromatic carbocycles. The normalized spacial score (nSPS) is 26.2. The van der Waals surface area contributed by atoms with Crippen molar-refractivity contribution >= 4 is 5.91 Å². The summed E-state index contributed by atoms with van der Waals surface area (Å²) in [5.74, 6) is 0.962. The third-order valence-electron chi connectivity index (χ3n) is 3.60. The van der Waals surface area contributed by atoms with Crippen LogP contribution in [0.1, 0.15) is 19.3 Å². The SMILES string of the molecule is CN(C)CC1CCCN1C(=O)CC1CNC1. The fourth-order valence-electron chi connectivity index (χ4n) is 2.63. The smallest absolute Gasteiger partial charge is 0.223 e. The molecule has 1 unspecified atom stereocenters. The molecule has 2 aliphatic heterocycles. The molecule has 4 nitrogen and oxygen atoms in total. The number of carbonyl (C=O) groups is 1. The maximum atomic E-state index is 12.1. The number of likely N-dealkylation sites (tertiary alicyclic amines) is 1. The van der Waals surface area contributed by atoms with Crippen molar-refractivity contribution in [2.24, 2.45) is 5.92 Å². The van der Waals surface area contributed by atoms with Gasteiger partial charge in [0.1, 0.15) is 0 Å². The fourth-order valence-corrected chi connectivity index (χ4v) is 2.63. The van der Waals surface area contributed by atoms with Crippen LogP contribution in [0.5, 0.6) is 0 Å². The van der Waals surface area contributed by atoms with Gasteiger partial charge in [-0.2, -0.15) is 0 Å². The molecule has 92 valence electrons. The highest BCUT2D eigenvalue weighted by molar-refractivity contribution is 5.77. The first kappa shape index (κ1) is 11.9. The van der Waals surface area contributed by atoms with Gasteiger partial charge in [-0.1, -0.05) is 0 Å². The van der Waals surface area contributed by atoms with E-state index in [-0.39, 0.29) is 0 Å². The van der Waals surface area contributed by atoms with E-state index in [1.807, 2.05) is 0 Å². The minimum absolute atomic E-state index is 0.371. The van der Waals surface area contributed by atoms with Crippen molar-refractivity contribution in [2.75, 3.05) is 40.3 Å². The summed E-state index contributed by atoms with van der Waals surface area (Å²) in [6.07, 6.45) is 3.09. The highest BCUT2D eigenvalue weighted by atomic mass is 16.2. The molecule has 0 saturated carbocycles. The summed E-state index contributed by atoms with van der Waals surface area (Å²) in [5.41, 5.74) is 0. The maximum Gasteiger partial charge on any atom is 0.223 e. The zero-order valence-electron chi connectivity index (χ0n) is 10.4. The van der Waals surface area contributed by atoms with Gasteiger partial charge in [0.25, 0.3) is 0 Å². The lowest BCUT2D eigenvalue weighted by atomic mass is 9.98. The number of nitrogens with zero attached hydrogens (tertiary/aromatic N) is 2. The standard InChI is InChI=1S/C12H23N3O/c1-14(2)9-11-4-3-5-15(11)12(16)6-10-7-13-8-10/h10-11,13H,3-9H2,1-2H3. The lowest BCUT2D eigenvalue weighted by Gasteiger charge is -2.31. The zero-order valence-corrected chi connectivity index (χ0v) is 10.4. The zero-order chi connectivity index (χ0) is 11.5. The summed E-state index contributed by atoms with van der Waals surface area (Å²) in [6.45, 7) is 4.03. The molecule has 1 amide bonds. The Bertz CT molecular complexity index is 251. The highest BCUT2D eigenvalue weighted by Crippen LogP contribution is 2.21. The predicted molar refractivity (Wildman–Crippen MR) is 64.3 cm³/mol. The molecule has 0 bridgehead atoms. The van der Waals surface area contributed by atoms with Crippen molar-refractivity contribution in [1.82, 2.24) is 15.1 Å². The van der Waals surface area contributed by atoms with E-state index in [1.165, 1.54) is 12.8 Å². The summed E-state index contributed by atoms with van der Waals surface area (Å²) in [7, 11) is 4.16. The van der Waals surface area contributed by atoms with Gasteiger partial charge in [-0.3, -0.25) is 4.79 Å². The molecule has 2 aliphatic rings. The van der Waals surface area contributed by atoms with Gasteiger partial charge in [0.05, 0.1) is 0 Å². The van der Waals surface area contributed by atoms with Crippen molar-refractivity contribution < 1.29 is 4.79 Å². The van der Waals surface area contributed by atoms with Crippen LogP contribution in [0.4, 0.5) is 0 Å². The lowest BCUT2D eigenvalue weighted by Crippen LogP contribution is -2.47. The summed E-state index contributed by atoms with van der Waals surface area (Å²) in [5, 5.41) is 3.22. The molecule has 2 saturated heterocycles. The van der Waals surface area contributed by atoms with Crippen LogP contribution in [0.25, 0.3) is 0 Å². The van der Waals surface area contributed by atoms with Crippen LogP contribution in [0.3, 0.4) is 0 Å². The van der Waals surface area contributed by atoms with Crippen LogP contribution in [0.15, 0.2) is 0 Å². The molecule has 1 atom stereocenters. The average molecular weight is 225 g/mol. The molecular weight excluding hydrogens is 202 g/mol. The monoisotopic (exact) mass is 225 g/mol. The van der Waals surface area contributed by atoms with Crippen molar-refractivity contribution in [3.63, 3.8) is 0 Å². The number of amides is 1. The number of likely N-dealkylation sites (N-methyl/N-ethyl adjacent to an activating group) is 1. The number of hydrogen-bond donors (Lipinski definition) is 1. The third-order valence-corrected chi connectivity index (χ3v) is 3.60. The van der Waals surface area contributed by atoms with E-state index in [4.69, 9.17) is 0 Å². The van der Waals surface area contributed by atoms with Crippen molar-refractivity contribution in [3.05, 3.63) is 0 Å². The Kier molecular flexibility index (Phi) is 3.82. The molecule has 2 fully saturated rings. The molecule has 0 spiro atoms. The van der Waals surface area contributed by atoms with Gasteiger partial charge in [-0.15, -0.1) is 0 Å². The highest BCUT2D eigenvalue weighted by Gasteiger charge is 2.31. The van der Waals surface area contributed by atoms with E-state index in [9.17, 15) is 4.79 Å². The maximum absolute atomic E-state index is 12.1. The molecule has 0 radical (unpaired) electrons. The number of rotatable bonds is 4. The first-order chi connectivity index (χ1) is 7.66. The number of nitrogens with one attached hydrogen (secondary N) is 1. The van der Waals surface area contributed by atoms with E-state index >= 15 is 0 Å². The topological polar surface area (TPSA) is 35.6 Å². The second-order valence-electron chi connectivity index (χ2n) is 5.37. The molecule has 0 aliphatic carbocycles. The summed E-state index contributed by atoms with van der Waals surface area (Å²) < 4.78 is 0. The molecule has 2 rings (SSSR count). The molecule has 4 heteroatoms. The quantitative estimate of drug-likeness (QED) is 0.740. The first-order valence-electron chi connectivity index (χ1n) is 6.31. The van der Waals surface area contributed by atoms with Gasteiger partial charge in [0.15, 0.2) is 0 Å². The van der Waals surface area contributed by atoms with Crippen LogP contribution >= 0.6 is 0 Å². The molecule has 0 aromatic heterocycles. The Balaban J connectivity index is 1.83. The Morgan fingerprint density at radius 1 is 1.44 bits per heavy atom. The van der Waals surface area contributed by atoms with Crippen molar-refractivity contribution in [2.45, 2.75) is 25.3 Å². The van der Waals surface area contributed by atoms with Crippen LogP contribution in [0, 0.1) is 5.92 Å². The minimum atomic E-state index is 0.371. The van der Waals surface area contributed by atoms with E-state index in [0.717, 1.165) is 32.6 Å². The summed E-state index contributed by atoms with van der Waals surface area (Å²) in [6, 6.07) is 0.454. The third kappa shape index (κ3) is 2.74. The first-order valence-corrected chi connectivity index (χ1v) is 6.31. The lowest BCUT2D eigenvalue weighted by molar-refractivity contribution is -0.133. The van der Waals surface area contributed by atoms with Gasteiger partial charge in [0, 0.05) is 25.6 Å². The van der Waals surface area contributed by atoms with Gasteiger partial charge in [-0.05, 0) is 45.9 Å². The Hall–Kier alpha value is -0.610. The Labute approximate surface area is 98.0 Å². The Morgan fingerprint density at radius 2 is 2.19 bits per heavy atom. The van der Waals surface area contributed by atoms with Gasteiger partial charge in [-0.25, -0.2) is 0 Å². The molecule has 1 N–H and O–H groups in total. The average Bonchev–Trinajstić information content (AvgIpc) is 2.58. The predicted octanol–water partition coefficient (Wildman–Crippen LogP) is 0.149. The van der Waals surface area contributed by atoms with Crippen molar-refractivity contribution in [1.29, 1.82) is 0 Å². The summed E-state index contributed by atoms with van der Waals surface area (Å²) >= 11 is 0. The summed E-state index contributed by atoms with van der Waals surface area (Å²) in [4.78, 5) is 16.4. The molecule has 16 heavy (non-hydrogen) atoms. The van der Waals surface area contributed by atoms with Crippen molar-refractivity contribution in [3.8, 4) is 0 Å². The minimum Gasteiger partial charge on any atom is -0.338 e. The van der Waals surface area contributed by atoms with Crippen LogP contribution in [-0.2, 0) is 4.79 Å². The van der Waals surface area contributed by atoms with E-state index in [2.05, 4.69) is 29.2 Å². The Morgan fingerprint density at radius 3 is 2.75 bits per heavy atom. The number of hydrogen-bond acceptors (Lipinski definition) is 3. The molecular formula is C12H23N3O. The fraction of sp³-hybridized carbons (Fsp3) is 0.917. The van der Waals surface area contributed by atoms with Crippen LogP contribution < -0.4 is 5.32 Å².